The maximum absolute atomic E-state index is 14.2. The first-order valence-corrected chi connectivity index (χ1v) is 7.46. The van der Waals surface area contributed by atoms with Gasteiger partial charge in [-0.05, 0) is 23.6 Å². The van der Waals surface area contributed by atoms with Gasteiger partial charge >= 0.3 is 0 Å². The highest BCUT2D eigenvalue weighted by atomic mass is 19.1. The second-order valence-electron chi connectivity index (χ2n) is 5.16. The Bertz CT molecular complexity index is 664. The largest absolute Gasteiger partial charge is 0.323 e. The zero-order valence-electron chi connectivity index (χ0n) is 12.7. The Morgan fingerprint density at radius 1 is 1.14 bits per heavy atom. The zero-order chi connectivity index (χ0) is 15.9. The van der Waals surface area contributed by atoms with Gasteiger partial charge in [-0.15, -0.1) is 0 Å². The van der Waals surface area contributed by atoms with Crippen molar-refractivity contribution in [3.63, 3.8) is 0 Å². The number of amides is 1. The van der Waals surface area contributed by atoms with Crippen LogP contribution in [0, 0.1) is 5.82 Å². The van der Waals surface area contributed by atoms with E-state index >= 15 is 0 Å². The summed E-state index contributed by atoms with van der Waals surface area (Å²) >= 11 is 0. The molecule has 0 saturated carbocycles. The highest BCUT2D eigenvalue weighted by molar-refractivity contribution is 5.96. The quantitative estimate of drug-likeness (QED) is 0.797. The normalized spacial score (nSPS) is 10.3. The number of anilines is 1. The molecular weight excluding hydrogens is 277 g/mol. The molecule has 2 aromatic carbocycles. The van der Waals surface area contributed by atoms with Gasteiger partial charge in [-0.2, -0.15) is 0 Å². The topological polar surface area (TPSA) is 29.1 Å². The van der Waals surface area contributed by atoms with Crippen molar-refractivity contribution in [2.75, 3.05) is 5.32 Å². The third-order valence-electron chi connectivity index (χ3n) is 3.48. The number of carbonyl (C=O) groups excluding carboxylic acids is 1. The van der Waals surface area contributed by atoms with E-state index in [0.717, 1.165) is 18.4 Å². The average Bonchev–Trinajstić information content (AvgIpc) is 2.55. The third kappa shape index (κ3) is 3.82. The van der Waals surface area contributed by atoms with Crippen molar-refractivity contribution in [3.05, 3.63) is 72.1 Å². The third-order valence-corrected chi connectivity index (χ3v) is 3.48. The molecule has 0 atom stereocenters. The molecule has 1 N–H and O–H groups in total. The molecule has 1 amide bonds. The van der Waals surface area contributed by atoms with Gasteiger partial charge in [-0.1, -0.05) is 62.4 Å². The van der Waals surface area contributed by atoms with Gasteiger partial charge in [-0.3, -0.25) is 4.79 Å². The summed E-state index contributed by atoms with van der Waals surface area (Å²) in [7, 11) is 0. The van der Waals surface area contributed by atoms with Crippen LogP contribution in [-0.2, 0) is 4.79 Å². The van der Waals surface area contributed by atoms with Crippen LogP contribution in [0.5, 0.6) is 0 Å². The number of halogens is 1. The fourth-order valence-electron chi connectivity index (χ4n) is 2.24. The van der Waals surface area contributed by atoms with Crippen LogP contribution in [0.3, 0.4) is 0 Å². The fourth-order valence-corrected chi connectivity index (χ4v) is 2.24. The summed E-state index contributed by atoms with van der Waals surface area (Å²) in [6.45, 7) is 6.06. The number of rotatable bonds is 6. The predicted octanol–water partition coefficient (Wildman–Crippen LogP) is 5.02. The van der Waals surface area contributed by atoms with Crippen molar-refractivity contribution in [1.82, 2.24) is 0 Å². The van der Waals surface area contributed by atoms with Gasteiger partial charge in [0.15, 0.2) is 0 Å². The van der Waals surface area contributed by atoms with Gasteiger partial charge in [-0.25, -0.2) is 4.39 Å². The highest BCUT2D eigenvalue weighted by Crippen LogP contribution is 2.30. The lowest BCUT2D eigenvalue weighted by molar-refractivity contribution is -0.116. The molecule has 2 rings (SSSR count). The zero-order valence-corrected chi connectivity index (χ0v) is 12.7. The Morgan fingerprint density at radius 2 is 1.86 bits per heavy atom. The maximum Gasteiger partial charge on any atom is 0.224 e. The average molecular weight is 297 g/mol. The molecule has 2 aromatic rings. The smallest absolute Gasteiger partial charge is 0.224 e. The Labute approximate surface area is 130 Å². The number of hydrogen-bond acceptors (Lipinski definition) is 1. The number of hydrogen-bond donors (Lipinski definition) is 1. The van der Waals surface area contributed by atoms with Gasteiger partial charge in [0.05, 0.1) is 5.69 Å². The molecule has 0 radical (unpaired) electrons. The van der Waals surface area contributed by atoms with Crippen LogP contribution in [0.4, 0.5) is 10.1 Å². The minimum absolute atomic E-state index is 0.172. The van der Waals surface area contributed by atoms with Crippen LogP contribution < -0.4 is 5.32 Å². The molecule has 0 saturated heterocycles. The van der Waals surface area contributed by atoms with Crippen LogP contribution in [-0.4, -0.2) is 5.91 Å². The molecule has 0 fully saturated rings. The van der Waals surface area contributed by atoms with Gasteiger partial charge < -0.3 is 5.32 Å². The van der Waals surface area contributed by atoms with Gasteiger partial charge in [0, 0.05) is 12.0 Å². The van der Waals surface area contributed by atoms with Crippen molar-refractivity contribution in [2.45, 2.75) is 26.2 Å². The first-order chi connectivity index (χ1) is 10.6. The second kappa shape index (κ2) is 7.55. The van der Waals surface area contributed by atoms with Crippen LogP contribution in [0.15, 0.2) is 55.1 Å². The summed E-state index contributed by atoms with van der Waals surface area (Å²) in [6.07, 6.45) is 2.10. The minimum atomic E-state index is -0.445. The predicted molar refractivity (Wildman–Crippen MR) is 89.1 cm³/mol. The number of unbranched alkanes of at least 4 members (excludes halogenated alkanes) is 1. The summed E-state index contributed by atoms with van der Waals surface area (Å²) in [4.78, 5) is 11.9. The molecular formula is C19H20FNO. The summed E-state index contributed by atoms with van der Waals surface area (Å²) in [5.41, 5.74) is 2.40. The first kappa shape index (κ1) is 16.0. The summed E-state index contributed by atoms with van der Waals surface area (Å²) < 4.78 is 14.2. The molecule has 0 unspecified atom stereocenters. The van der Waals surface area contributed by atoms with Crippen LogP contribution >= 0.6 is 0 Å². The summed E-state index contributed by atoms with van der Waals surface area (Å²) in [6, 6.07) is 14.3. The Balaban J connectivity index is 2.30. The Morgan fingerprint density at radius 3 is 2.55 bits per heavy atom. The molecule has 114 valence electrons. The monoisotopic (exact) mass is 297 g/mol. The van der Waals surface area contributed by atoms with E-state index in [2.05, 4.69) is 11.9 Å². The number of nitrogens with one attached hydrogen (secondary N) is 1. The lowest BCUT2D eigenvalue weighted by Gasteiger charge is -2.14. The van der Waals surface area contributed by atoms with E-state index < -0.39 is 5.82 Å². The van der Waals surface area contributed by atoms with Crippen molar-refractivity contribution in [2.24, 2.45) is 0 Å². The molecule has 0 bridgehead atoms. The molecule has 0 heterocycles. The number of carbonyl (C=O) groups is 1. The van der Waals surface area contributed by atoms with E-state index in [-0.39, 0.29) is 11.6 Å². The highest BCUT2D eigenvalue weighted by Gasteiger charge is 2.14. The van der Waals surface area contributed by atoms with E-state index in [4.69, 9.17) is 0 Å². The first-order valence-electron chi connectivity index (χ1n) is 7.46. The van der Waals surface area contributed by atoms with E-state index in [1.54, 1.807) is 12.1 Å². The van der Waals surface area contributed by atoms with E-state index in [1.165, 1.54) is 6.07 Å². The lowest BCUT2D eigenvalue weighted by Crippen LogP contribution is -2.14. The van der Waals surface area contributed by atoms with Gasteiger partial charge in [0.1, 0.15) is 5.82 Å². The molecule has 22 heavy (non-hydrogen) atoms. The van der Waals surface area contributed by atoms with E-state index in [9.17, 15) is 9.18 Å². The molecule has 0 aliphatic carbocycles. The summed E-state index contributed by atoms with van der Waals surface area (Å²) in [5, 5.41) is 2.69. The van der Waals surface area contributed by atoms with E-state index in [0.29, 0.717) is 17.6 Å². The Kier molecular flexibility index (Phi) is 5.48. The SMILES string of the molecule is C=C(c1ccccc1)c1cccc(F)c1NC(=O)CCCC. The lowest BCUT2D eigenvalue weighted by atomic mass is 9.97. The molecule has 3 heteroatoms. The molecule has 0 spiro atoms. The van der Waals surface area contributed by atoms with Crippen molar-refractivity contribution < 1.29 is 9.18 Å². The molecule has 0 aliphatic rings. The minimum Gasteiger partial charge on any atom is -0.323 e. The fraction of sp³-hybridized carbons (Fsp3) is 0.211. The van der Waals surface area contributed by atoms with E-state index in [1.807, 2.05) is 37.3 Å². The number of para-hydroxylation sites is 1. The second-order valence-corrected chi connectivity index (χ2v) is 5.16. The number of benzene rings is 2. The van der Waals surface area contributed by atoms with Crippen LogP contribution in [0.2, 0.25) is 0 Å². The van der Waals surface area contributed by atoms with Crippen molar-refractivity contribution in [3.8, 4) is 0 Å². The molecule has 2 nitrogen and oxygen atoms in total. The van der Waals surface area contributed by atoms with Crippen LogP contribution in [0.25, 0.3) is 5.57 Å². The standard InChI is InChI=1S/C19H20FNO/c1-3-4-13-18(22)21-19-16(11-8-12-17(19)20)14(2)15-9-6-5-7-10-15/h5-12H,2-4,13H2,1H3,(H,21,22). The molecule has 0 aromatic heterocycles. The van der Waals surface area contributed by atoms with Crippen molar-refractivity contribution in [1.29, 1.82) is 0 Å². The Hall–Kier alpha value is -2.42. The van der Waals surface area contributed by atoms with Crippen LogP contribution in [0.1, 0.15) is 37.3 Å². The van der Waals surface area contributed by atoms with Gasteiger partial charge in [0.25, 0.3) is 0 Å². The van der Waals surface area contributed by atoms with Gasteiger partial charge in [0.2, 0.25) is 5.91 Å². The summed E-state index contributed by atoms with van der Waals surface area (Å²) in [5.74, 6) is -0.617. The maximum atomic E-state index is 14.2. The van der Waals surface area contributed by atoms with Crippen molar-refractivity contribution >= 4 is 17.2 Å². The molecule has 0 aliphatic heterocycles.